The maximum atomic E-state index is 12.2. The van der Waals surface area contributed by atoms with E-state index < -0.39 is 0 Å². The lowest BCUT2D eigenvalue weighted by Gasteiger charge is -2.10. The topological polar surface area (TPSA) is 51.2 Å². The summed E-state index contributed by atoms with van der Waals surface area (Å²) in [7, 11) is 1.58. The second-order valence-corrected chi connectivity index (χ2v) is 6.33. The Labute approximate surface area is 145 Å². The Morgan fingerprint density at radius 2 is 1.92 bits per heavy atom. The molecule has 2 aromatic carbocycles. The number of hydrogen-bond donors (Lipinski definition) is 1. The number of ether oxygens (including phenoxy) is 1. The molecular weight excluding hydrogens is 320 g/mol. The third-order valence-corrected chi connectivity index (χ3v) is 4.54. The van der Waals surface area contributed by atoms with E-state index in [-0.39, 0.29) is 5.91 Å². The van der Waals surface area contributed by atoms with Crippen LogP contribution in [0.5, 0.6) is 5.75 Å². The van der Waals surface area contributed by atoms with E-state index in [4.69, 9.17) is 4.74 Å². The molecule has 0 atom stereocenters. The van der Waals surface area contributed by atoms with E-state index in [9.17, 15) is 4.79 Å². The van der Waals surface area contributed by atoms with Gasteiger partial charge in [0.05, 0.1) is 29.1 Å². The maximum Gasteiger partial charge on any atom is 0.234 e. The second kappa shape index (κ2) is 7.36. The summed E-state index contributed by atoms with van der Waals surface area (Å²) in [6, 6.07) is 17.4. The van der Waals surface area contributed by atoms with Gasteiger partial charge in [0.25, 0.3) is 0 Å². The van der Waals surface area contributed by atoms with Gasteiger partial charge in [-0.2, -0.15) is 0 Å². The molecule has 1 N–H and O–H groups in total. The fourth-order valence-electron chi connectivity index (χ4n) is 2.47. The van der Waals surface area contributed by atoms with E-state index in [1.807, 2.05) is 48.5 Å². The number of pyridine rings is 1. The minimum atomic E-state index is -0.0860. The van der Waals surface area contributed by atoms with Gasteiger partial charge in [-0.25, -0.2) is 4.98 Å². The smallest absolute Gasteiger partial charge is 0.234 e. The number of nitrogens with one attached hydrogen (secondary N) is 1. The van der Waals surface area contributed by atoms with Crippen LogP contribution in [-0.2, 0) is 4.79 Å². The summed E-state index contributed by atoms with van der Waals surface area (Å²) in [6.07, 6.45) is 0. The molecule has 3 aromatic rings. The molecule has 3 rings (SSSR count). The van der Waals surface area contributed by atoms with Gasteiger partial charge in [-0.1, -0.05) is 42.1 Å². The van der Waals surface area contributed by atoms with Gasteiger partial charge in [-0.05, 0) is 36.8 Å². The second-order valence-electron chi connectivity index (χ2n) is 5.33. The van der Waals surface area contributed by atoms with Crippen molar-refractivity contribution in [2.75, 3.05) is 18.2 Å². The zero-order valence-electron chi connectivity index (χ0n) is 13.6. The zero-order chi connectivity index (χ0) is 16.9. The van der Waals surface area contributed by atoms with E-state index >= 15 is 0 Å². The predicted molar refractivity (Wildman–Crippen MR) is 98.8 cm³/mol. The molecule has 1 heterocycles. The van der Waals surface area contributed by atoms with Gasteiger partial charge in [0.1, 0.15) is 5.75 Å². The number of methoxy groups -OCH3 is 1. The summed E-state index contributed by atoms with van der Waals surface area (Å²) < 4.78 is 5.24. The van der Waals surface area contributed by atoms with E-state index in [0.717, 1.165) is 21.5 Å². The number of hydrogen-bond acceptors (Lipinski definition) is 4. The summed E-state index contributed by atoms with van der Waals surface area (Å²) in [5.74, 6) is 0.857. The number of para-hydroxylation sites is 3. The number of carbonyl (C=O) groups excluding carboxylic acids is 1. The lowest BCUT2D eigenvalue weighted by molar-refractivity contribution is -0.113. The van der Waals surface area contributed by atoms with Crippen LogP contribution in [-0.4, -0.2) is 23.8 Å². The molecule has 4 nitrogen and oxygen atoms in total. The molecule has 0 spiro atoms. The molecule has 24 heavy (non-hydrogen) atoms. The fraction of sp³-hybridized carbons (Fsp3) is 0.158. The molecule has 5 heteroatoms. The summed E-state index contributed by atoms with van der Waals surface area (Å²) >= 11 is 1.43. The number of nitrogens with zero attached hydrogens (tertiary/aromatic N) is 1. The SMILES string of the molecule is COc1ccccc1NC(=O)CSc1cc(C)c2ccccc2n1. The number of aryl methyl sites for hydroxylation is 1. The molecule has 0 saturated heterocycles. The van der Waals surface area contributed by atoms with Crippen LogP contribution in [0.1, 0.15) is 5.56 Å². The molecule has 122 valence electrons. The van der Waals surface area contributed by atoms with Crippen LogP contribution in [0.15, 0.2) is 59.6 Å². The van der Waals surface area contributed by atoms with Crippen molar-refractivity contribution < 1.29 is 9.53 Å². The fourth-order valence-corrected chi connectivity index (χ4v) is 3.24. The van der Waals surface area contributed by atoms with E-state index in [1.165, 1.54) is 11.8 Å². The molecule has 0 bridgehead atoms. The van der Waals surface area contributed by atoms with Gasteiger partial charge in [0.2, 0.25) is 5.91 Å². The highest BCUT2D eigenvalue weighted by Crippen LogP contribution is 2.25. The van der Waals surface area contributed by atoms with Gasteiger partial charge < -0.3 is 10.1 Å². The molecule has 1 amide bonds. The minimum Gasteiger partial charge on any atom is -0.495 e. The number of fused-ring (bicyclic) bond motifs is 1. The minimum absolute atomic E-state index is 0.0860. The van der Waals surface area contributed by atoms with Crippen molar-refractivity contribution in [3.8, 4) is 5.75 Å². The van der Waals surface area contributed by atoms with E-state index in [0.29, 0.717) is 17.2 Å². The maximum absolute atomic E-state index is 12.2. The van der Waals surface area contributed by atoms with E-state index in [2.05, 4.69) is 23.3 Å². The van der Waals surface area contributed by atoms with Crippen molar-refractivity contribution in [2.45, 2.75) is 11.9 Å². The van der Waals surface area contributed by atoms with Crippen molar-refractivity contribution >= 4 is 34.3 Å². The van der Waals surface area contributed by atoms with Gasteiger partial charge >= 0.3 is 0 Å². The summed E-state index contributed by atoms with van der Waals surface area (Å²) in [5.41, 5.74) is 2.78. The van der Waals surface area contributed by atoms with Gasteiger partial charge in [0.15, 0.2) is 0 Å². The van der Waals surface area contributed by atoms with Gasteiger partial charge in [0, 0.05) is 5.39 Å². The standard InChI is InChI=1S/C19H18N2O2S/c1-13-11-19(21-15-8-4-3-7-14(13)15)24-12-18(22)20-16-9-5-6-10-17(16)23-2/h3-11H,12H2,1-2H3,(H,20,22). The highest BCUT2D eigenvalue weighted by molar-refractivity contribution is 7.99. The number of aromatic nitrogens is 1. The molecule has 1 aromatic heterocycles. The number of carbonyl (C=O) groups is 1. The first kappa shape index (κ1) is 16.3. The summed E-state index contributed by atoms with van der Waals surface area (Å²) in [4.78, 5) is 16.8. The van der Waals surface area contributed by atoms with Crippen LogP contribution in [0.2, 0.25) is 0 Å². The average Bonchev–Trinajstić information content (AvgIpc) is 2.60. The van der Waals surface area contributed by atoms with E-state index in [1.54, 1.807) is 7.11 Å². The molecule has 0 aliphatic carbocycles. The number of benzene rings is 2. The molecule has 0 radical (unpaired) electrons. The molecule has 0 fully saturated rings. The van der Waals surface area contributed by atoms with Crippen LogP contribution in [0.3, 0.4) is 0 Å². The lowest BCUT2D eigenvalue weighted by atomic mass is 10.1. The quantitative estimate of drug-likeness (QED) is 0.705. The van der Waals surface area contributed by atoms with Crippen LogP contribution >= 0.6 is 11.8 Å². The Morgan fingerprint density at radius 1 is 1.17 bits per heavy atom. The van der Waals surface area contributed by atoms with Crippen LogP contribution in [0, 0.1) is 6.92 Å². The predicted octanol–water partition coefficient (Wildman–Crippen LogP) is 4.28. The molecular formula is C19H18N2O2S. The molecule has 0 saturated carbocycles. The first-order chi connectivity index (χ1) is 11.7. The monoisotopic (exact) mass is 338 g/mol. The highest BCUT2D eigenvalue weighted by atomic mass is 32.2. The molecule has 0 aliphatic heterocycles. The van der Waals surface area contributed by atoms with Crippen molar-refractivity contribution in [2.24, 2.45) is 0 Å². The highest BCUT2D eigenvalue weighted by Gasteiger charge is 2.09. The zero-order valence-corrected chi connectivity index (χ0v) is 14.4. The van der Waals surface area contributed by atoms with Crippen molar-refractivity contribution in [3.05, 3.63) is 60.2 Å². The Bertz CT molecular complexity index is 880. The number of thioether (sulfide) groups is 1. The largest absolute Gasteiger partial charge is 0.495 e. The van der Waals surface area contributed by atoms with Crippen molar-refractivity contribution in [1.29, 1.82) is 0 Å². The van der Waals surface area contributed by atoms with Crippen LogP contribution in [0.4, 0.5) is 5.69 Å². The third-order valence-electron chi connectivity index (χ3n) is 3.63. The normalized spacial score (nSPS) is 10.6. The molecule has 0 aliphatic rings. The Hall–Kier alpha value is -2.53. The first-order valence-electron chi connectivity index (χ1n) is 7.59. The van der Waals surface area contributed by atoms with Crippen molar-refractivity contribution in [1.82, 2.24) is 4.98 Å². The first-order valence-corrected chi connectivity index (χ1v) is 8.58. The van der Waals surface area contributed by atoms with Gasteiger partial charge in [-0.3, -0.25) is 4.79 Å². The Morgan fingerprint density at radius 3 is 2.75 bits per heavy atom. The van der Waals surface area contributed by atoms with Crippen LogP contribution in [0.25, 0.3) is 10.9 Å². The number of amides is 1. The Balaban J connectivity index is 1.68. The number of anilines is 1. The Kier molecular flexibility index (Phi) is 5.01. The molecule has 0 unspecified atom stereocenters. The van der Waals surface area contributed by atoms with Gasteiger partial charge in [-0.15, -0.1) is 0 Å². The summed E-state index contributed by atoms with van der Waals surface area (Å²) in [6.45, 7) is 2.06. The number of rotatable bonds is 5. The van der Waals surface area contributed by atoms with Crippen molar-refractivity contribution in [3.63, 3.8) is 0 Å². The lowest BCUT2D eigenvalue weighted by Crippen LogP contribution is -2.14. The third kappa shape index (κ3) is 3.68. The summed E-state index contributed by atoms with van der Waals surface area (Å²) in [5, 5.41) is 4.86. The van der Waals surface area contributed by atoms with Crippen LogP contribution < -0.4 is 10.1 Å². The average molecular weight is 338 g/mol.